The Balaban J connectivity index is 1.94. The molecule has 0 unspecified atom stereocenters. The fourth-order valence-corrected chi connectivity index (χ4v) is 3.66. The van der Waals surface area contributed by atoms with Crippen LogP contribution in [0, 0.1) is 22.5 Å². The molecular formula is C17H8Cl2N2O5S. The maximum atomic E-state index is 12.2. The largest absolute Gasteiger partial charge is 0.457 e. The molecule has 0 aliphatic carbocycles. The summed E-state index contributed by atoms with van der Waals surface area (Å²) in [6.45, 7) is -0.116. The second-order valence-electron chi connectivity index (χ2n) is 5.21. The van der Waals surface area contributed by atoms with E-state index in [2.05, 4.69) is 5.92 Å². The third-order valence-electron chi connectivity index (χ3n) is 3.52. The van der Waals surface area contributed by atoms with Crippen LogP contribution >= 0.6 is 35.0 Å². The summed E-state index contributed by atoms with van der Waals surface area (Å²) < 4.78 is 5.60. The summed E-state index contributed by atoms with van der Waals surface area (Å²) in [4.78, 5) is 35.5. The second-order valence-corrected chi connectivity index (χ2v) is 7.02. The van der Waals surface area contributed by atoms with Gasteiger partial charge in [-0.25, -0.2) is 0 Å². The van der Waals surface area contributed by atoms with Crippen molar-refractivity contribution in [2.24, 2.45) is 0 Å². The molecule has 2 aromatic rings. The number of carbonyl (C=O) groups excluding carboxylic acids is 2. The van der Waals surface area contributed by atoms with Crippen LogP contribution in [0.4, 0.5) is 10.5 Å². The van der Waals surface area contributed by atoms with Crippen molar-refractivity contribution in [3.8, 4) is 23.7 Å². The third-order valence-corrected chi connectivity index (χ3v) is 5.04. The van der Waals surface area contributed by atoms with Crippen molar-refractivity contribution in [1.82, 2.24) is 4.90 Å². The minimum absolute atomic E-state index is 0.0947. The first-order chi connectivity index (χ1) is 12.8. The van der Waals surface area contributed by atoms with Gasteiger partial charge in [0.2, 0.25) is 0 Å². The van der Waals surface area contributed by atoms with Gasteiger partial charge in [-0.15, -0.1) is 6.42 Å². The summed E-state index contributed by atoms with van der Waals surface area (Å²) in [5.74, 6) is 2.25. The molecule has 0 atom stereocenters. The van der Waals surface area contributed by atoms with Gasteiger partial charge in [0, 0.05) is 17.7 Å². The molecule has 1 fully saturated rings. The number of nitrogens with zero attached hydrogens (tertiary/aromatic N) is 2. The van der Waals surface area contributed by atoms with E-state index in [0.29, 0.717) is 0 Å². The SMILES string of the molecule is C#CCN1C(=O)S/C(=C/c2ccc(-c3cc([N+](=O)[O-])c(Cl)cc3Cl)o2)C1=O. The predicted molar refractivity (Wildman–Crippen MR) is 102 cm³/mol. The number of hydrogen-bond acceptors (Lipinski definition) is 6. The summed E-state index contributed by atoms with van der Waals surface area (Å²) in [5.41, 5.74) is -0.0442. The van der Waals surface area contributed by atoms with Crippen LogP contribution in [0.25, 0.3) is 17.4 Å². The maximum absolute atomic E-state index is 12.2. The van der Waals surface area contributed by atoms with E-state index in [4.69, 9.17) is 34.0 Å². The Labute approximate surface area is 167 Å². The number of amides is 2. The summed E-state index contributed by atoms with van der Waals surface area (Å²) in [5, 5.41) is 10.7. The molecule has 2 amide bonds. The van der Waals surface area contributed by atoms with Crippen molar-refractivity contribution in [1.29, 1.82) is 0 Å². The van der Waals surface area contributed by atoms with E-state index in [-0.39, 0.29) is 44.3 Å². The highest BCUT2D eigenvalue weighted by atomic mass is 35.5. The van der Waals surface area contributed by atoms with Gasteiger partial charge in [0.05, 0.1) is 21.4 Å². The number of benzene rings is 1. The molecule has 27 heavy (non-hydrogen) atoms. The Hall–Kier alpha value is -2.73. The Kier molecular flexibility index (Phi) is 5.28. The van der Waals surface area contributed by atoms with Crippen molar-refractivity contribution < 1.29 is 18.9 Å². The monoisotopic (exact) mass is 422 g/mol. The van der Waals surface area contributed by atoms with Gasteiger partial charge in [0.15, 0.2) is 0 Å². The molecule has 0 spiro atoms. The molecule has 10 heteroatoms. The standard InChI is InChI=1S/C17H8Cl2N2O5S/c1-2-5-20-16(22)15(27-17(20)23)6-9-3-4-14(26-9)10-7-13(21(24)25)12(19)8-11(10)18/h1,3-4,6-8H,5H2/b15-6+. The van der Waals surface area contributed by atoms with E-state index in [1.165, 1.54) is 24.3 Å². The van der Waals surface area contributed by atoms with Crippen molar-refractivity contribution in [2.75, 3.05) is 6.54 Å². The van der Waals surface area contributed by atoms with E-state index in [1.807, 2.05) is 0 Å². The molecule has 0 saturated carbocycles. The molecule has 0 N–H and O–H groups in total. The van der Waals surface area contributed by atoms with Crippen molar-refractivity contribution in [3.05, 3.63) is 55.1 Å². The molecule has 1 aliphatic rings. The minimum Gasteiger partial charge on any atom is -0.457 e. The zero-order chi connectivity index (χ0) is 19.7. The first-order valence-corrected chi connectivity index (χ1v) is 8.81. The van der Waals surface area contributed by atoms with Gasteiger partial charge in [0.25, 0.3) is 16.8 Å². The Bertz CT molecular complexity index is 1050. The Morgan fingerprint density at radius 2 is 2.04 bits per heavy atom. The molecule has 1 aromatic carbocycles. The maximum Gasteiger partial charge on any atom is 0.294 e. The number of rotatable bonds is 4. The molecule has 0 bridgehead atoms. The Morgan fingerprint density at radius 3 is 2.70 bits per heavy atom. The van der Waals surface area contributed by atoms with E-state index in [0.717, 1.165) is 16.7 Å². The fraction of sp³-hybridized carbons (Fsp3) is 0.0588. The van der Waals surface area contributed by atoms with Crippen LogP contribution in [0.5, 0.6) is 0 Å². The number of halogens is 2. The minimum atomic E-state index is -0.631. The molecule has 0 radical (unpaired) electrons. The number of terminal acetylenes is 1. The van der Waals surface area contributed by atoms with E-state index < -0.39 is 16.1 Å². The first kappa shape index (κ1) is 19.0. The van der Waals surface area contributed by atoms with Crippen LogP contribution in [0.2, 0.25) is 10.0 Å². The zero-order valence-electron chi connectivity index (χ0n) is 13.3. The van der Waals surface area contributed by atoms with Gasteiger partial charge in [-0.2, -0.15) is 0 Å². The Morgan fingerprint density at radius 1 is 1.30 bits per heavy atom. The van der Waals surface area contributed by atoms with Gasteiger partial charge >= 0.3 is 0 Å². The normalized spacial score (nSPS) is 15.4. The van der Waals surface area contributed by atoms with Gasteiger partial charge in [-0.1, -0.05) is 29.1 Å². The molecule has 1 aliphatic heterocycles. The average Bonchev–Trinajstić information content (AvgIpc) is 3.15. The van der Waals surface area contributed by atoms with E-state index in [9.17, 15) is 19.7 Å². The molecular weight excluding hydrogens is 415 g/mol. The second kappa shape index (κ2) is 7.48. The molecule has 2 heterocycles. The molecule has 1 saturated heterocycles. The van der Waals surface area contributed by atoms with Crippen LogP contribution in [0.3, 0.4) is 0 Å². The van der Waals surface area contributed by atoms with Crippen LogP contribution in [0.1, 0.15) is 5.76 Å². The van der Waals surface area contributed by atoms with Crippen LogP contribution in [0.15, 0.2) is 33.6 Å². The van der Waals surface area contributed by atoms with Crippen LogP contribution < -0.4 is 0 Å². The highest BCUT2D eigenvalue weighted by Gasteiger charge is 2.34. The van der Waals surface area contributed by atoms with Crippen molar-refractivity contribution in [2.45, 2.75) is 0 Å². The predicted octanol–water partition coefficient (Wildman–Crippen LogP) is 4.83. The number of nitro groups is 1. The zero-order valence-corrected chi connectivity index (χ0v) is 15.6. The quantitative estimate of drug-likeness (QED) is 0.303. The lowest BCUT2D eigenvalue weighted by Crippen LogP contribution is -2.28. The first-order valence-electron chi connectivity index (χ1n) is 7.24. The van der Waals surface area contributed by atoms with E-state index in [1.54, 1.807) is 6.07 Å². The summed E-state index contributed by atoms with van der Waals surface area (Å²) in [6, 6.07) is 5.54. The van der Waals surface area contributed by atoms with Crippen LogP contribution in [-0.4, -0.2) is 27.5 Å². The lowest BCUT2D eigenvalue weighted by Gasteiger charge is -2.06. The highest BCUT2D eigenvalue weighted by Crippen LogP contribution is 2.38. The smallest absolute Gasteiger partial charge is 0.294 e. The van der Waals surface area contributed by atoms with Gasteiger partial charge in [-0.05, 0) is 30.0 Å². The molecule has 1 aromatic heterocycles. The lowest BCUT2D eigenvalue weighted by molar-refractivity contribution is -0.384. The van der Waals surface area contributed by atoms with Crippen LogP contribution in [-0.2, 0) is 4.79 Å². The summed E-state index contributed by atoms with van der Waals surface area (Å²) in [7, 11) is 0. The fourth-order valence-electron chi connectivity index (χ4n) is 2.30. The average molecular weight is 423 g/mol. The van der Waals surface area contributed by atoms with Crippen molar-refractivity contribution in [3.63, 3.8) is 0 Å². The van der Waals surface area contributed by atoms with E-state index >= 15 is 0 Å². The van der Waals surface area contributed by atoms with Gasteiger partial charge < -0.3 is 4.42 Å². The number of hydrogen-bond donors (Lipinski definition) is 0. The highest BCUT2D eigenvalue weighted by molar-refractivity contribution is 8.18. The van der Waals surface area contributed by atoms with Gasteiger partial charge in [-0.3, -0.25) is 24.6 Å². The third kappa shape index (κ3) is 3.71. The molecule has 136 valence electrons. The van der Waals surface area contributed by atoms with Gasteiger partial charge in [0.1, 0.15) is 16.5 Å². The number of carbonyl (C=O) groups is 2. The van der Waals surface area contributed by atoms with Crippen molar-refractivity contribution >= 4 is 57.9 Å². The topological polar surface area (TPSA) is 93.7 Å². The summed E-state index contributed by atoms with van der Waals surface area (Å²) in [6.07, 6.45) is 6.54. The summed E-state index contributed by atoms with van der Waals surface area (Å²) >= 11 is 12.7. The number of thioether (sulfide) groups is 1. The molecule has 7 nitrogen and oxygen atoms in total. The number of furan rings is 1. The molecule has 3 rings (SSSR count). The number of nitro benzene ring substituents is 1. The number of imide groups is 1. The lowest BCUT2D eigenvalue weighted by atomic mass is 10.1.